The van der Waals surface area contributed by atoms with Gasteiger partial charge in [-0.3, -0.25) is 14.6 Å². The molecule has 1 aliphatic heterocycles. The van der Waals surface area contributed by atoms with Crippen molar-refractivity contribution in [1.82, 2.24) is 9.80 Å². The van der Waals surface area contributed by atoms with Crippen LogP contribution in [0.5, 0.6) is 0 Å². The number of rotatable bonds is 6. The Balaban J connectivity index is 1.88. The molecule has 1 saturated heterocycles. The molecule has 7 heteroatoms. The molecule has 24 heavy (non-hydrogen) atoms. The Kier molecular flexibility index (Phi) is 6.65. The predicted molar refractivity (Wildman–Crippen MR) is 88.8 cm³/mol. The smallest absolute Gasteiger partial charge is 0.241 e. The molecule has 0 aliphatic carbocycles. The molecule has 2 N–H and O–H groups in total. The van der Waals surface area contributed by atoms with Crippen molar-refractivity contribution in [3.8, 4) is 0 Å². The summed E-state index contributed by atoms with van der Waals surface area (Å²) in [4.78, 5) is 16.6. The summed E-state index contributed by atoms with van der Waals surface area (Å²) in [5.41, 5.74) is 0.246. The summed E-state index contributed by atoms with van der Waals surface area (Å²) in [6.45, 7) is 7.03. The van der Waals surface area contributed by atoms with E-state index in [9.17, 15) is 18.7 Å². The van der Waals surface area contributed by atoms with E-state index in [1.165, 1.54) is 6.07 Å². The van der Waals surface area contributed by atoms with Crippen LogP contribution in [0.3, 0.4) is 0 Å². The standard InChI is InChI=1S/C17H25F2N3O2/c1-3-14(11-23)22-8-6-21(7-9-22)12(2)17(24)20-13-4-5-15(18)16(19)10-13/h4-5,10,12,14,23H,3,6-9,11H2,1-2H3,(H,20,24). The maximum absolute atomic E-state index is 13.2. The minimum atomic E-state index is -0.983. The van der Waals surface area contributed by atoms with Crippen LogP contribution in [-0.2, 0) is 4.79 Å². The lowest BCUT2D eigenvalue weighted by Gasteiger charge is -2.40. The molecule has 1 fully saturated rings. The fourth-order valence-electron chi connectivity index (χ4n) is 2.98. The number of anilines is 1. The zero-order chi connectivity index (χ0) is 17.7. The Bertz CT molecular complexity index is 559. The molecule has 1 amide bonds. The van der Waals surface area contributed by atoms with Crippen molar-refractivity contribution >= 4 is 11.6 Å². The molecule has 2 rings (SSSR count). The number of carbonyl (C=O) groups excluding carboxylic acids is 1. The van der Waals surface area contributed by atoms with E-state index < -0.39 is 11.6 Å². The van der Waals surface area contributed by atoms with Gasteiger partial charge in [-0.05, 0) is 25.5 Å². The molecule has 1 aromatic carbocycles. The number of piperazine rings is 1. The lowest BCUT2D eigenvalue weighted by Crippen LogP contribution is -2.55. The molecule has 1 aromatic rings. The van der Waals surface area contributed by atoms with Crippen LogP contribution in [-0.4, -0.2) is 65.7 Å². The van der Waals surface area contributed by atoms with Gasteiger partial charge < -0.3 is 10.4 Å². The number of hydrogen-bond donors (Lipinski definition) is 2. The van der Waals surface area contributed by atoms with Crippen molar-refractivity contribution in [3.05, 3.63) is 29.8 Å². The summed E-state index contributed by atoms with van der Waals surface area (Å²) in [5.74, 6) is -2.17. The van der Waals surface area contributed by atoms with Crippen LogP contribution in [0, 0.1) is 11.6 Å². The van der Waals surface area contributed by atoms with Gasteiger partial charge in [0, 0.05) is 44.0 Å². The van der Waals surface area contributed by atoms with E-state index >= 15 is 0 Å². The number of carbonyl (C=O) groups is 1. The number of amides is 1. The molecule has 0 radical (unpaired) electrons. The van der Waals surface area contributed by atoms with Crippen LogP contribution in [0.1, 0.15) is 20.3 Å². The highest BCUT2D eigenvalue weighted by Gasteiger charge is 2.28. The minimum absolute atomic E-state index is 0.142. The van der Waals surface area contributed by atoms with Crippen LogP contribution in [0.2, 0.25) is 0 Å². The highest BCUT2D eigenvalue weighted by Crippen LogP contribution is 2.15. The molecule has 0 saturated carbocycles. The molecule has 134 valence electrons. The van der Waals surface area contributed by atoms with E-state index in [4.69, 9.17) is 0 Å². The van der Waals surface area contributed by atoms with Crippen molar-refractivity contribution in [2.75, 3.05) is 38.1 Å². The molecule has 0 spiro atoms. The zero-order valence-corrected chi connectivity index (χ0v) is 14.1. The summed E-state index contributed by atoms with van der Waals surface area (Å²) < 4.78 is 26.1. The Hall–Kier alpha value is -1.57. The second-order valence-corrected chi connectivity index (χ2v) is 6.11. The van der Waals surface area contributed by atoms with E-state index in [1.54, 1.807) is 6.92 Å². The zero-order valence-electron chi connectivity index (χ0n) is 14.1. The van der Waals surface area contributed by atoms with Crippen molar-refractivity contribution in [1.29, 1.82) is 0 Å². The maximum atomic E-state index is 13.2. The van der Waals surface area contributed by atoms with Crippen molar-refractivity contribution < 1.29 is 18.7 Å². The maximum Gasteiger partial charge on any atom is 0.241 e. The molecular weight excluding hydrogens is 316 g/mol. The molecule has 2 unspecified atom stereocenters. The normalized spacial score (nSPS) is 19.0. The first-order valence-electron chi connectivity index (χ1n) is 8.31. The molecule has 1 aliphatic rings. The van der Waals surface area contributed by atoms with Crippen LogP contribution in [0.25, 0.3) is 0 Å². The van der Waals surface area contributed by atoms with Crippen LogP contribution >= 0.6 is 0 Å². The average molecular weight is 341 g/mol. The second-order valence-electron chi connectivity index (χ2n) is 6.11. The first-order chi connectivity index (χ1) is 11.5. The highest BCUT2D eigenvalue weighted by atomic mass is 19.2. The monoisotopic (exact) mass is 341 g/mol. The third-order valence-corrected chi connectivity index (χ3v) is 4.66. The van der Waals surface area contributed by atoms with E-state index in [2.05, 4.69) is 15.1 Å². The lowest BCUT2D eigenvalue weighted by molar-refractivity contribution is -0.121. The average Bonchev–Trinajstić information content (AvgIpc) is 2.59. The number of benzene rings is 1. The number of nitrogens with zero attached hydrogens (tertiary/aromatic N) is 2. The van der Waals surface area contributed by atoms with Gasteiger partial charge in [-0.1, -0.05) is 6.92 Å². The lowest BCUT2D eigenvalue weighted by atomic mass is 10.1. The van der Waals surface area contributed by atoms with Gasteiger partial charge in [0.05, 0.1) is 12.6 Å². The van der Waals surface area contributed by atoms with Gasteiger partial charge in [-0.2, -0.15) is 0 Å². The van der Waals surface area contributed by atoms with Crippen molar-refractivity contribution in [2.45, 2.75) is 32.4 Å². The fourth-order valence-corrected chi connectivity index (χ4v) is 2.98. The molecule has 1 heterocycles. The first kappa shape index (κ1) is 18.8. The Labute approximate surface area is 141 Å². The molecular formula is C17H25F2N3O2. The summed E-state index contributed by atoms with van der Waals surface area (Å²) in [5, 5.41) is 12.0. The number of nitrogens with one attached hydrogen (secondary N) is 1. The Morgan fingerprint density at radius 3 is 2.38 bits per heavy atom. The van der Waals surface area contributed by atoms with Gasteiger partial charge in [0.1, 0.15) is 0 Å². The minimum Gasteiger partial charge on any atom is -0.395 e. The molecule has 5 nitrogen and oxygen atoms in total. The van der Waals surface area contributed by atoms with Gasteiger partial charge in [-0.25, -0.2) is 8.78 Å². The summed E-state index contributed by atoms with van der Waals surface area (Å²) >= 11 is 0. The Morgan fingerprint density at radius 2 is 1.83 bits per heavy atom. The summed E-state index contributed by atoms with van der Waals surface area (Å²) in [6.07, 6.45) is 0.892. The number of aliphatic hydroxyl groups excluding tert-OH is 1. The van der Waals surface area contributed by atoms with Gasteiger partial charge in [0.25, 0.3) is 0 Å². The van der Waals surface area contributed by atoms with E-state index in [-0.39, 0.29) is 30.3 Å². The molecule has 0 aromatic heterocycles. The third-order valence-electron chi connectivity index (χ3n) is 4.66. The topological polar surface area (TPSA) is 55.8 Å². The van der Waals surface area contributed by atoms with Gasteiger partial charge in [0.15, 0.2) is 11.6 Å². The molecule has 2 atom stereocenters. The number of hydrogen-bond acceptors (Lipinski definition) is 4. The van der Waals surface area contributed by atoms with Crippen LogP contribution in [0.4, 0.5) is 14.5 Å². The van der Waals surface area contributed by atoms with E-state index in [1.807, 2.05) is 6.92 Å². The fraction of sp³-hybridized carbons (Fsp3) is 0.588. The quantitative estimate of drug-likeness (QED) is 0.827. The summed E-state index contributed by atoms with van der Waals surface area (Å²) in [7, 11) is 0. The van der Waals surface area contributed by atoms with Crippen molar-refractivity contribution in [2.24, 2.45) is 0 Å². The first-order valence-corrected chi connectivity index (χ1v) is 8.31. The van der Waals surface area contributed by atoms with Gasteiger partial charge in [0.2, 0.25) is 5.91 Å². The van der Waals surface area contributed by atoms with E-state index in [0.29, 0.717) is 0 Å². The third kappa shape index (κ3) is 4.49. The summed E-state index contributed by atoms with van der Waals surface area (Å²) in [6, 6.07) is 3.11. The predicted octanol–water partition coefficient (Wildman–Crippen LogP) is 1.68. The Morgan fingerprint density at radius 1 is 1.21 bits per heavy atom. The highest BCUT2D eigenvalue weighted by molar-refractivity contribution is 5.94. The second kappa shape index (κ2) is 8.50. The van der Waals surface area contributed by atoms with Gasteiger partial charge in [-0.15, -0.1) is 0 Å². The largest absolute Gasteiger partial charge is 0.395 e. The van der Waals surface area contributed by atoms with Crippen molar-refractivity contribution in [3.63, 3.8) is 0 Å². The van der Waals surface area contributed by atoms with Crippen LogP contribution < -0.4 is 5.32 Å². The van der Waals surface area contributed by atoms with Crippen LogP contribution in [0.15, 0.2) is 18.2 Å². The van der Waals surface area contributed by atoms with Gasteiger partial charge >= 0.3 is 0 Å². The number of halogens is 2. The number of aliphatic hydroxyl groups is 1. The van der Waals surface area contributed by atoms with E-state index in [0.717, 1.165) is 44.7 Å². The SMILES string of the molecule is CCC(CO)N1CCN(C(C)C(=O)Nc2ccc(F)c(F)c2)CC1. The molecule has 0 bridgehead atoms.